The van der Waals surface area contributed by atoms with E-state index in [0.717, 1.165) is 37.6 Å². The molecule has 3 aromatic carbocycles. The molecule has 0 saturated carbocycles. The standard InChI is InChI=1S/C26H27N3O5S/c30-26(27-18-20-10-12-21(13-11-20)28-14-16-33-17-15-28)25-19-29(23-8-4-5-9-24(23)34-25)35(31,32)22-6-2-1-3-7-22/h1-13,25H,14-19H2,(H,27,30)/t25-/m0/s1. The molecule has 1 amide bonds. The van der Waals surface area contributed by atoms with E-state index < -0.39 is 16.1 Å². The lowest BCUT2D eigenvalue weighted by Crippen LogP contribution is -2.50. The molecule has 1 fully saturated rings. The SMILES string of the molecule is O=C(NCc1ccc(N2CCOCC2)cc1)[C@@H]1CN(S(=O)(=O)c2ccccc2)c2ccccc2O1. The summed E-state index contributed by atoms with van der Waals surface area (Å²) in [6.45, 7) is 3.36. The topological polar surface area (TPSA) is 88.2 Å². The van der Waals surface area contributed by atoms with Crippen molar-refractivity contribution in [3.63, 3.8) is 0 Å². The number of fused-ring (bicyclic) bond motifs is 1. The fourth-order valence-electron chi connectivity index (χ4n) is 4.24. The molecule has 182 valence electrons. The van der Waals surface area contributed by atoms with E-state index in [-0.39, 0.29) is 17.3 Å². The minimum atomic E-state index is -3.86. The molecule has 8 nitrogen and oxygen atoms in total. The first-order valence-corrected chi connectivity index (χ1v) is 13.0. The zero-order valence-electron chi connectivity index (χ0n) is 19.2. The van der Waals surface area contributed by atoms with Crippen LogP contribution in [0.25, 0.3) is 0 Å². The summed E-state index contributed by atoms with van der Waals surface area (Å²) in [5, 5.41) is 2.89. The van der Waals surface area contributed by atoms with Crippen molar-refractivity contribution in [2.24, 2.45) is 0 Å². The Morgan fingerprint density at radius 2 is 1.60 bits per heavy atom. The molecule has 0 spiro atoms. The Hall–Kier alpha value is -3.56. The highest BCUT2D eigenvalue weighted by Gasteiger charge is 2.37. The van der Waals surface area contributed by atoms with Crippen molar-refractivity contribution in [3.8, 4) is 5.75 Å². The molecule has 1 N–H and O–H groups in total. The summed E-state index contributed by atoms with van der Waals surface area (Å²) in [7, 11) is -3.86. The number of hydrogen-bond donors (Lipinski definition) is 1. The molecule has 0 aliphatic carbocycles. The number of nitrogens with one attached hydrogen (secondary N) is 1. The second kappa shape index (κ2) is 9.97. The number of para-hydroxylation sites is 2. The molecule has 0 unspecified atom stereocenters. The molecule has 9 heteroatoms. The molecular formula is C26H27N3O5S. The van der Waals surface area contributed by atoms with Crippen LogP contribution in [0.15, 0.2) is 83.8 Å². The second-order valence-corrected chi connectivity index (χ2v) is 10.3. The number of carbonyl (C=O) groups is 1. The van der Waals surface area contributed by atoms with Crippen LogP contribution in [-0.4, -0.2) is 53.3 Å². The van der Waals surface area contributed by atoms with Gasteiger partial charge in [0.1, 0.15) is 5.75 Å². The third-order valence-corrected chi connectivity index (χ3v) is 7.93. The van der Waals surface area contributed by atoms with Gasteiger partial charge in [-0.05, 0) is 42.0 Å². The third-order valence-electron chi connectivity index (χ3n) is 6.14. The van der Waals surface area contributed by atoms with Crippen LogP contribution in [0.1, 0.15) is 5.56 Å². The number of hydrogen-bond acceptors (Lipinski definition) is 6. The van der Waals surface area contributed by atoms with Crippen molar-refractivity contribution in [2.45, 2.75) is 17.5 Å². The van der Waals surface area contributed by atoms with Gasteiger partial charge in [0, 0.05) is 25.3 Å². The Labute approximate surface area is 205 Å². The number of sulfonamides is 1. The van der Waals surface area contributed by atoms with Gasteiger partial charge in [-0.25, -0.2) is 8.42 Å². The minimum absolute atomic E-state index is 0.115. The Morgan fingerprint density at radius 3 is 2.34 bits per heavy atom. The predicted molar refractivity (Wildman–Crippen MR) is 133 cm³/mol. The normalized spacial score (nSPS) is 17.9. The lowest BCUT2D eigenvalue weighted by molar-refractivity contribution is -0.127. The number of carbonyl (C=O) groups excluding carboxylic acids is 1. The van der Waals surface area contributed by atoms with Gasteiger partial charge >= 0.3 is 0 Å². The fraction of sp³-hybridized carbons (Fsp3) is 0.269. The van der Waals surface area contributed by atoms with Crippen LogP contribution in [0.4, 0.5) is 11.4 Å². The average Bonchev–Trinajstić information content (AvgIpc) is 2.92. The summed E-state index contributed by atoms with van der Waals surface area (Å²) in [4.78, 5) is 15.5. The maximum absolute atomic E-state index is 13.4. The van der Waals surface area contributed by atoms with Crippen molar-refractivity contribution < 1.29 is 22.7 Å². The van der Waals surface area contributed by atoms with Gasteiger partial charge in [0.05, 0.1) is 30.3 Å². The molecular weight excluding hydrogens is 466 g/mol. The van der Waals surface area contributed by atoms with Gasteiger partial charge in [-0.3, -0.25) is 9.10 Å². The van der Waals surface area contributed by atoms with E-state index in [2.05, 4.69) is 10.2 Å². The molecule has 2 aliphatic rings. The summed E-state index contributed by atoms with van der Waals surface area (Å²) in [5.74, 6) is -0.0155. The van der Waals surface area contributed by atoms with Crippen molar-refractivity contribution >= 4 is 27.3 Å². The van der Waals surface area contributed by atoms with Crippen molar-refractivity contribution in [2.75, 3.05) is 42.1 Å². The highest BCUT2D eigenvalue weighted by atomic mass is 32.2. The van der Waals surface area contributed by atoms with Crippen LogP contribution in [0.2, 0.25) is 0 Å². The van der Waals surface area contributed by atoms with Gasteiger partial charge in [-0.2, -0.15) is 0 Å². The van der Waals surface area contributed by atoms with Crippen molar-refractivity contribution in [1.29, 1.82) is 0 Å². The maximum atomic E-state index is 13.4. The Morgan fingerprint density at radius 1 is 0.914 bits per heavy atom. The number of ether oxygens (including phenoxy) is 2. The molecule has 3 aromatic rings. The van der Waals surface area contributed by atoms with Gasteiger partial charge in [0.2, 0.25) is 0 Å². The van der Waals surface area contributed by atoms with Crippen LogP contribution in [0.5, 0.6) is 5.75 Å². The number of benzene rings is 3. The van der Waals surface area contributed by atoms with Gasteiger partial charge in [0.25, 0.3) is 15.9 Å². The van der Waals surface area contributed by atoms with Gasteiger partial charge in [-0.1, -0.05) is 42.5 Å². The molecule has 0 radical (unpaired) electrons. The van der Waals surface area contributed by atoms with Crippen molar-refractivity contribution in [1.82, 2.24) is 5.32 Å². The first-order valence-electron chi connectivity index (χ1n) is 11.6. The zero-order chi connectivity index (χ0) is 24.3. The lowest BCUT2D eigenvalue weighted by Gasteiger charge is -2.34. The maximum Gasteiger partial charge on any atom is 0.264 e. The van der Waals surface area contributed by atoms with Gasteiger partial charge in [0.15, 0.2) is 6.10 Å². The molecule has 1 atom stereocenters. The highest BCUT2D eigenvalue weighted by Crippen LogP contribution is 2.36. The van der Waals surface area contributed by atoms with E-state index in [1.165, 1.54) is 4.31 Å². The Bertz CT molecular complexity index is 1280. The van der Waals surface area contributed by atoms with E-state index in [1.54, 1.807) is 54.6 Å². The molecule has 5 rings (SSSR count). The second-order valence-electron chi connectivity index (χ2n) is 8.41. The van der Waals surface area contributed by atoms with E-state index in [1.807, 2.05) is 24.3 Å². The van der Waals surface area contributed by atoms with Crippen LogP contribution in [-0.2, 0) is 26.1 Å². The number of rotatable bonds is 6. The summed E-state index contributed by atoms with van der Waals surface area (Å²) in [6, 6.07) is 23.1. The quantitative estimate of drug-likeness (QED) is 0.568. The summed E-state index contributed by atoms with van der Waals surface area (Å²) >= 11 is 0. The largest absolute Gasteiger partial charge is 0.476 e. The summed E-state index contributed by atoms with van der Waals surface area (Å²) < 4.78 is 39.3. The molecule has 0 bridgehead atoms. The van der Waals surface area contributed by atoms with Gasteiger partial charge in [-0.15, -0.1) is 0 Å². The zero-order valence-corrected chi connectivity index (χ0v) is 20.0. The van der Waals surface area contributed by atoms with Crippen LogP contribution < -0.4 is 19.3 Å². The summed E-state index contributed by atoms with van der Waals surface area (Å²) in [6.07, 6.45) is -0.976. The molecule has 2 heterocycles. The Balaban J connectivity index is 1.29. The van der Waals surface area contributed by atoms with Gasteiger partial charge < -0.3 is 19.7 Å². The van der Waals surface area contributed by atoms with E-state index in [4.69, 9.17) is 9.47 Å². The lowest BCUT2D eigenvalue weighted by atomic mass is 10.1. The van der Waals surface area contributed by atoms with Crippen LogP contribution >= 0.6 is 0 Å². The van der Waals surface area contributed by atoms with E-state index >= 15 is 0 Å². The highest BCUT2D eigenvalue weighted by molar-refractivity contribution is 7.92. The first kappa shape index (κ1) is 23.2. The fourth-order valence-corrected chi connectivity index (χ4v) is 5.73. The molecule has 35 heavy (non-hydrogen) atoms. The smallest absolute Gasteiger partial charge is 0.264 e. The number of anilines is 2. The molecule has 2 aliphatic heterocycles. The number of nitrogens with zero attached hydrogens (tertiary/aromatic N) is 2. The van der Waals surface area contributed by atoms with Crippen molar-refractivity contribution in [3.05, 3.63) is 84.4 Å². The number of amides is 1. The molecule has 1 saturated heterocycles. The average molecular weight is 494 g/mol. The first-order chi connectivity index (χ1) is 17.0. The third kappa shape index (κ3) is 4.96. The minimum Gasteiger partial charge on any atom is -0.476 e. The van der Waals surface area contributed by atoms with Crippen LogP contribution in [0, 0.1) is 0 Å². The monoisotopic (exact) mass is 493 g/mol. The van der Waals surface area contributed by atoms with E-state index in [0.29, 0.717) is 18.0 Å². The molecule has 0 aromatic heterocycles. The van der Waals surface area contributed by atoms with E-state index in [9.17, 15) is 13.2 Å². The Kier molecular flexibility index (Phi) is 6.61. The summed E-state index contributed by atoms with van der Waals surface area (Å²) in [5.41, 5.74) is 2.48. The number of morpholine rings is 1. The predicted octanol–water partition coefficient (Wildman–Crippen LogP) is 2.80. The van der Waals surface area contributed by atoms with Crippen LogP contribution in [0.3, 0.4) is 0 Å².